The molecule has 2 aliphatic heterocycles. The van der Waals surface area contributed by atoms with Crippen molar-refractivity contribution >= 4 is 17.5 Å². The maximum atomic E-state index is 14.8. The third-order valence-corrected chi connectivity index (χ3v) is 5.80. The number of anilines is 3. The van der Waals surface area contributed by atoms with Crippen molar-refractivity contribution in [3.8, 4) is 11.3 Å². The molecule has 6 nitrogen and oxygen atoms in total. The summed E-state index contributed by atoms with van der Waals surface area (Å²) in [6, 6.07) is 12.4. The van der Waals surface area contributed by atoms with Gasteiger partial charge in [0.2, 0.25) is 5.95 Å². The smallest absolute Gasteiger partial charge is 0.225 e. The second kappa shape index (κ2) is 8.36. The van der Waals surface area contributed by atoms with E-state index in [0.717, 1.165) is 61.3 Å². The predicted molar refractivity (Wildman–Crippen MR) is 117 cm³/mol. The molecule has 0 bridgehead atoms. The minimum Gasteiger partial charge on any atom is -0.351 e. The van der Waals surface area contributed by atoms with Crippen LogP contribution >= 0.6 is 0 Å². The summed E-state index contributed by atoms with van der Waals surface area (Å²) in [5, 5.41) is 6.73. The van der Waals surface area contributed by atoms with E-state index in [1.54, 1.807) is 0 Å². The SMILES string of the molecule is Fc1cnc(NC2CCNCC2)nc1N1CCCc2cnc(-c3ccccc3)cc21. The van der Waals surface area contributed by atoms with Gasteiger partial charge in [0, 0.05) is 30.0 Å². The van der Waals surface area contributed by atoms with Crippen molar-refractivity contribution in [3.63, 3.8) is 0 Å². The van der Waals surface area contributed by atoms with Crippen molar-refractivity contribution in [2.45, 2.75) is 31.7 Å². The van der Waals surface area contributed by atoms with Gasteiger partial charge in [-0.2, -0.15) is 4.98 Å². The van der Waals surface area contributed by atoms with E-state index in [9.17, 15) is 4.39 Å². The number of nitrogens with one attached hydrogen (secondary N) is 2. The second-order valence-corrected chi connectivity index (χ2v) is 7.85. The lowest BCUT2D eigenvalue weighted by molar-refractivity contribution is 0.476. The van der Waals surface area contributed by atoms with Gasteiger partial charge in [-0.15, -0.1) is 0 Å². The van der Waals surface area contributed by atoms with Gasteiger partial charge >= 0.3 is 0 Å². The molecule has 154 valence electrons. The van der Waals surface area contributed by atoms with E-state index in [2.05, 4.69) is 25.6 Å². The summed E-state index contributed by atoms with van der Waals surface area (Å²) in [7, 11) is 0. The first-order chi connectivity index (χ1) is 14.8. The number of benzene rings is 1. The van der Waals surface area contributed by atoms with Crippen LogP contribution in [-0.2, 0) is 6.42 Å². The molecule has 0 aliphatic carbocycles. The van der Waals surface area contributed by atoms with Gasteiger partial charge in [-0.05, 0) is 50.4 Å². The molecule has 5 rings (SSSR count). The van der Waals surface area contributed by atoms with E-state index in [1.165, 1.54) is 6.20 Å². The highest BCUT2D eigenvalue weighted by molar-refractivity contribution is 5.72. The van der Waals surface area contributed by atoms with Gasteiger partial charge in [-0.3, -0.25) is 4.98 Å². The van der Waals surface area contributed by atoms with Crippen molar-refractivity contribution in [2.24, 2.45) is 0 Å². The van der Waals surface area contributed by atoms with Crippen LogP contribution in [0.25, 0.3) is 11.3 Å². The highest BCUT2D eigenvalue weighted by Gasteiger charge is 2.24. The lowest BCUT2D eigenvalue weighted by Crippen LogP contribution is -2.36. The Morgan fingerprint density at radius 3 is 2.73 bits per heavy atom. The van der Waals surface area contributed by atoms with E-state index in [0.29, 0.717) is 24.4 Å². The van der Waals surface area contributed by atoms with Crippen LogP contribution in [0, 0.1) is 5.82 Å². The number of halogens is 1. The summed E-state index contributed by atoms with van der Waals surface area (Å²) in [4.78, 5) is 15.4. The fraction of sp³-hybridized carbons (Fsp3) is 0.348. The summed E-state index contributed by atoms with van der Waals surface area (Å²) in [5.41, 5.74) is 4.01. The highest BCUT2D eigenvalue weighted by Crippen LogP contribution is 2.36. The Labute approximate surface area is 175 Å². The standard InChI is InChI=1S/C23H25FN6/c24-19-15-27-23(28-18-8-10-25-11-9-18)29-22(19)30-12-4-7-17-14-26-20(13-21(17)30)16-5-2-1-3-6-16/h1-3,5-6,13-15,18,25H,4,7-12H2,(H,27,28,29). The van der Waals surface area contributed by atoms with E-state index < -0.39 is 5.82 Å². The molecule has 0 amide bonds. The van der Waals surface area contributed by atoms with Crippen LogP contribution in [0.3, 0.4) is 0 Å². The minimum atomic E-state index is -0.406. The summed E-state index contributed by atoms with van der Waals surface area (Å²) in [6.45, 7) is 2.66. The van der Waals surface area contributed by atoms with Crippen LogP contribution in [0.4, 0.5) is 21.8 Å². The van der Waals surface area contributed by atoms with Gasteiger partial charge in [0.15, 0.2) is 11.6 Å². The fourth-order valence-electron chi connectivity index (χ4n) is 4.22. The van der Waals surface area contributed by atoms with Crippen molar-refractivity contribution in [3.05, 3.63) is 60.2 Å². The highest BCUT2D eigenvalue weighted by atomic mass is 19.1. The quantitative estimate of drug-likeness (QED) is 0.687. The van der Waals surface area contributed by atoms with Crippen LogP contribution in [-0.4, -0.2) is 40.6 Å². The first-order valence-electron chi connectivity index (χ1n) is 10.6. The maximum Gasteiger partial charge on any atom is 0.225 e. The number of aryl methyl sites for hydroxylation is 1. The molecule has 1 aromatic carbocycles. The summed E-state index contributed by atoms with van der Waals surface area (Å²) < 4.78 is 14.8. The van der Waals surface area contributed by atoms with E-state index >= 15 is 0 Å². The topological polar surface area (TPSA) is 66.0 Å². The number of nitrogens with zero attached hydrogens (tertiary/aromatic N) is 4. The average molecular weight is 404 g/mol. The number of pyridine rings is 1. The number of piperidine rings is 1. The molecule has 2 aromatic heterocycles. The number of aromatic nitrogens is 3. The molecule has 0 unspecified atom stereocenters. The summed E-state index contributed by atoms with van der Waals surface area (Å²) >= 11 is 0. The monoisotopic (exact) mass is 404 g/mol. The van der Waals surface area contributed by atoms with E-state index in [-0.39, 0.29) is 0 Å². The Bertz CT molecular complexity index is 1020. The second-order valence-electron chi connectivity index (χ2n) is 7.85. The zero-order valence-corrected chi connectivity index (χ0v) is 16.8. The predicted octanol–water partition coefficient (Wildman–Crippen LogP) is 3.93. The Kier molecular flexibility index (Phi) is 5.27. The van der Waals surface area contributed by atoms with Gasteiger partial charge in [-0.25, -0.2) is 9.37 Å². The number of fused-ring (bicyclic) bond motifs is 1. The fourth-order valence-corrected chi connectivity index (χ4v) is 4.22. The van der Waals surface area contributed by atoms with Gasteiger partial charge in [0.05, 0.1) is 11.9 Å². The Hall–Kier alpha value is -3.06. The Morgan fingerprint density at radius 2 is 1.90 bits per heavy atom. The third kappa shape index (κ3) is 3.85. The van der Waals surface area contributed by atoms with Crippen molar-refractivity contribution in [1.29, 1.82) is 0 Å². The Balaban J connectivity index is 1.48. The molecule has 1 fully saturated rings. The largest absolute Gasteiger partial charge is 0.351 e. The normalized spacial score (nSPS) is 16.9. The maximum absolute atomic E-state index is 14.8. The van der Waals surface area contributed by atoms with Gasteiger partial charge in [-0.1, -0.05) is 30.3 Å². The van der Waals surface area contributed by atoms with Crippen LogP contribution in [0.1, 0.15) is 24.8 Å². The molecular formula is C23H25FN6. The van der Waals surface area contributed by atoms with Crippen LogP contribution in [0.5, 0.6) is 0 Å². The van der Waals surface area contributed by atoms with Crippen molar-refractivity contribution in [1.82, 2.24) is 20.3 Å². The van der Waals surface area contributed by atoms with Crippen LogP contribution < -0.4 is 15.5 Å². The number of hydrogen-bond donors (Lipinski definition) is 2. The lowest BCUT2D eigenvalue weighted by atomic mass is 10.0. The third-order valence-electron chi connectivity index (χ3n) is 5.80. The molecule has 3 aromatic rings. The lowest BCUT2D eigenvalue weighted by Gasteiger charge is -2.31. The van der Waals surface area contributed by atoms with E-state index in [1.807, 2.05) is 47.5 Å². The zero-order valence-electron chi connectivity index (χ0n) is 16.8. The van der Waals surface area contributed by atoms with Gasteiger partial charge in [0.1, 0.15) is 0 Å². The molecule has 2 N–H and O–H groups in total. The first-order valence-corrected chi connectivity index (χ1v) is 10.6. The molecule has 7 heteroatoms. The van der Waals surface area contributed by atoms with E-state index in [4.69, 9.17) is 0 Å². The van der Waals surface area contributed by atoms with Gasteiger partial charge < -0.3 is 15.5 Å². The van der Waals surface area contributed by atoms with Gasteiger partial charge in [0.25, 0.3) is 0 Å². The molecule has 0 spiro atoms. The molecular weight excluding hydrogens is 379 g/mol. The average Bonchev–Trinajstić information content (AvgIpc) is 2.81. The molecule has 1 saturated heterocycles. The van der Waals surface area contributed by atoms with Crippen molar-refractivity contribution in [2.75, 3.05) is 29.9 Å². The van der Waals surface area contributed by atoms with Crippen LogP contribution in [0.2, 0.25) is 0 Å². The zero-order chi connectivity index (χ0) is 20.3. The van der Waals surface area contributed by atoms with Crippen molar-refractivity contribution < 1.29 is 4.39 Å². The number of hydrogen-bond acceptors (Lipinski definition) is 6. The van der Waals surface area contributed by atoms with Crippen LogP contribution in [0.15, 0.2) is 48.8 Å². The Morgan fingerprint density at radius 1 is 1.07 bits per heavy atom. The molecule has 0 radical (unpaired) electrons. The molecule has 2 aliphatic rings. The number of rotatable bonds is 4. The molecule has 30 heavy (non-hydrogen) atoms. The minimum absolute atomic E-state index is 0.312. The molecule has 0 atom stereocenters. The summed E-state index contributed by atoms with van der Waals surface area (Å²) in [6.07, 6.45) is 7.07. The molecule has 4 heterocycles. The molecule has 0 saturated carbocycles. The first kappa shape index (κ1) is 18.9. The summed E-state index contributed by atoms with van der Waals surface area (Å²) in [5.74, 6) is 0.409.